The highest BCUT2D eigenvalue weighted by molar-refractivity contribution is 7.80. The summed E-state index contributed by atoms with van der Waals surface area (Å²) in [6.07, 6.45) is 1.97. The minimum absolute atomic E-state index is 0.0271. The first-order valence-electron chi connectivity index (χ1n) is 10.3. The normalized spacial score (nSPS) is 14.4. The van der Waals surface area contributed by atoms with E-state index in [4.69, 9.17) is 9.47 Å². The van der Waals surface area contributed by atoms with Crippen molar-refractivity contribution >= 4 is 24.4 Å². The fourth-order valence-corrected chi connectivity index (χ4v) is 3.25. The molecule has 1 aliphatic heterocycles. The van der Waals surface area contributed by atoms with Gasteiger partial charge in [-0.1, -0.05) is 0 Å². The van der Waals surface area contributed by atoms with Gasteiger partial charge in [-0.25, -0.2) is 0 Å². The van der Waals surface area contributed by atoms with Crippen molar-refractivity contribution in [3.05, 3.63) is 47.5 Å². The molecule has 1 saturated heterocycles. The Balaban J connectivity index is 1.78. The fourth-order valence-electron chi connectivity index (χ4n) is 3.13. The number of aromatic nitrogens is 1. The van der Waals surface area contributed by atoms with Gasteiger partial charge in [0.15, 0.2) is 0 Å². The number of thiol groups is 1. The van der Waals surface area contributed by atoms with E-state index in [1.54, 1.807) is 37.4 Å². The number of amides is 2. The van der Waals surface area contributed by atoms with E-state index in [9.17, 15) is 9.59 Å². The van der Waals surface area contributed by atoms with Gasteiger partial charge in [-0.15, -0.1) is 12.6 Å². The minimum atomic E-state index is -0.500. The van der Waals surface area contributed by atoms with E-state index in [1.165, 1.54) is 6.07 Å². The van der Waals surface area contributed by atoms with Gasteiger partial charge in [0, 0.05) is 30.8 Å². The molecule has 1 aliphatic rings. The third-order valence-electron chi connectivity index (χ3n) is 4.66. The van der Waals surface area contributed by atoms with Gasteiger partial charge in [0.25, 0.3) is 11.8 Å². The molecule has 0 radical (unpaired) electrons. The molecule has 2 aromatic rings. The van der Waals surface area contributed by atoms with E-state index in [-0.39, 0.29) is 29.7 Å². The second kappa shape index (κ2) is 10.5. The number of nitrogens with one attached hydrogen (secondary N) is 2. The van der Waals surface area contributed by atoms with Crippen molar-refractivity contribution in [2.45, 2.75) is 38.3 Å². The summed E-state index contributed by atoms with van der Waals surface area (Å²) in [5, 5.41) is 5.52. The molecule has 1 atom stereocenters. The van der Waals surface area contributed by atoms with Crippen LogP contribution < -0.4 is 20.1 Å². The first-order chi connectivity index (χ1) is 14.9. The molecule has 9 heteroatoms. The zero-order valence-corrected chi connectivity index (χ0v) is 18.8. The van der Waals surface area contributed by atoms with E-state index in [2.05, 4.69) is 28.2 Å². The highest BCUT2D eigenvalue weighted by Gasteiger charge is 2.19. The van der Waals surface area contributed by atoms with E-state index >= 15 is 0 Å². The zero-order chi connectivity index (χ0) is 22.4. The molecule has 1 aromatic heterocycles. The second-order valence-electron chi connectivity index (χ2n) is 7.49. The maximum Gasteiger partial charge on any atom is 0.253 e. The third kappa shape index (κ3) is 6.35. The Morgan fingerprint density at radius 3 is 2.32 bits per heavy atom. The summed E-state index contributed by atoms with van der Waals surface area (Å²) in [6.45, 7) is 5.34. The van der Waals surface area contributed by atoms with Crippen LogP contribution in [0.2, 0.25) is 0 Å². The maximum absolute atomic E-state index is 12.5. The number of likely N-dealkylation sites (tertiary alicyclic amines) is 1. The van der Waals surface area contributed by atoms with Crippen molar-refractivity contribution in [2.24, 2.45) is 0 Å². The molecule has 2 heterocycles. The number of benzene rings is 1. The summed E-state index contributed by atoms with van der Waals surface area (Å²) in [7, 11) is 1.68. The smallest absolute Gasteiger partial charge is 0.253 e. The summed E-state index contributed by atoms with van der Waals surface area (Å²) >= 11 is 4.21. The Hall–Kier alpha value is -2.78. The molecule has 3 rings (SSSR count). The summed E-state index contributed by atoms with van der Waals surface area (Å²) in [5.41, 5.74) is 0.446. The van der Waals surface area contributed by atoms with Crippen LogP contribution in [0.15, 0.2) is 36.4 Å². The van der Waals surface area contributed by atoms with Crippen LogP contribution in [0.3, 0.4) is 0 Å². The first kappa shape index (κ1) is 22.9. The van der Waals surface area contributed by atoms with Crippen LogP contribution in [0.4, 0.5) is 0 Å². The number of carbonyl (C=O) groups is 2. The molecule has 1 aromatic carbocycles. The van der Waals surface area contributed by atoms with Crippen LogP contribution in [0.25, 0.3) is 0 Å². The van der Waals surface area contributed by atoms with Gasteiger partial charge in [0.2, 0.25) is 11.8 Å². The van der Waals surface area contributed by atoms with Gasteiger partial charge in [-0.2, -0.15) is 4.98 Å². The maximum atomic E-state index is 12.5. The lowest BCUT2D eigenvalue weighted by Gasteiger charge is -2.16. The molecule has 2 N–H and O–H groups in total. The number of hydrogen-bond acceptors (Lipinski definition) is 7. The highest BCUT2D eigenvalue weighted by Crippen LogP contribution is 2.25. The highest BCUT2D eigenvalue weighted by atomic mass is 32.1. The lowest BCUT2D eigenvalue weighted by atomic mass is 10.2. The number of rotatable bonds is 8. The summed E-state index contributed by atoms with van der Waals surface area (Å²) < 4.78 is 11.5. The van der Waals surface area contributed by atoms with E-state index in [0.717, 1.165) is 25.9 Å². The van der Waals surface area contributed by atoms with Crippen molar-refractivity contribution in [3.8, 4) is 17.5 Å². The lowest BCUT2D eigenvalue weighted by molar-refractivity contribution is 0.0792. The third-order valence-corrected chi connectivity index (χ3v) is 5.04. The van der Waals surface area contributed by atoms with Crippen molar-refractivity contribution in [2.75, 3.05) is 20.1 Å². The van der Waals surface area contributed by atoms with Crippen molar-refractivity contribution in [3.63, 3.8) is 0 Å². The predicted molar refractivity (Wildman–Crippen MR) is 121 cm³/mol. The Labute approximate surface area is 187 Å². The quantitative estimate of drug-likeness (QED) is 0.428. The Morgan fingerprint density at radius 1 is 1.06 bits per heavy atom. The Bertz CT molecular complexity index is 914. The molecule has 1 unspecified atom stereocenters. The second-order valence-corrected chi connectivity index (χ2v) is 8.01. The average Bonchev–Trinajstić information content (AvgIpc) is 3.28. The average molecular weight is 445 g/mol. The molecule has 0 bridgehead atoms. The number of carbonyl (C=O) groups excluding carboxylic acids is 2. The van der Waals surface area contributed by atoms with E-state index in [0.29, 0.717) is 16.9 Å². The molecule has 1 fully saturated rings. The molecule has 0 spiro atoms. The van der Waals surface area contributed by atoms with Gasteiger partial charge < -0.3 is 19.7 Å². The summed E-state index contributed by atoms with van der Waals surface area (Å²) in [5.74, 6) is 0.669. The lowest BCUT2D eigenvalue weighted by Crippen LogP contribution is -2.39. The number of pyridine rings is 1. The van der Waals surface area contributed by atoms with Crippen molar-refractivity contribution < 1.29 is 19.1 Å². The van der Waals surface area contributed by atoms with Crippen LogP contribution in [0, 0.1) is 0 Å². The summed E-state index contributed by atoms with van der Waals surface area (Å²) in [6, 6.07) is 9.97. The topological polar surface area (TPSA) is 92.8 Å². The molecule has 166 valence electrons. The van der Waals surface area contributed by atoms with Crippen LogP contribution in [0.5, 0.6) is 17.5 Å². The van der Waals surface area contributed by atoms with Gasteiger partial charge in [0.1, 0.15) is 11.2 Å². The molecular formula is C22H28N4O4S. The Kier molecular flexibility index (Phi) is 7.75. The largest absolute Gasteiger partial charge is 0.475 e. The van der Waals surface area contributed by atoms with Crippen LogP contribution >= 0.6 is 12.6 Å². The standard InChI is InChI=1S/C22H28N4O4S/c1-14(2)29-18-12-16(20(27)25-22(31)23-3)13-19(24-18)30-17-8-6-15(7-9-17)21(28)26-10-4-5-11-26/h6-9,12-14,22-23,31H,4-5,10-11H2,1-3H3,(H,25,27). The predicted octanol–water partition coefficient (Wildman–Crippen LogP) is 3.06. The fraction of sp³-hybridized carbons (Fsp3) is 0.409. The van der Waals surface area contributed by atoms with E-state index < -0.39 is 5.50 Å². The Morgan fingerprint density at radius 2 is 1.71 bits per heavy atom. The molecule has 31 heavy (non-hydrogen) atoms. The molecule has 8 nitrogen and oxygen atoms in total. The van der Waals surface area contributed by atoms with Crippen molar-refractivity contribution in [1.29, 1.82) is 0 Å². The minimum Gasteiger partial charge on any atom is -0.475 e. The van der Waals surface area contributed by atoms with Gasteiger partial charge in [-0.3, -0.25) is 14.9 Å². The monoisotopic (exact) mass is 444 g/mol. The van der Waals surface area contributed by atoms with Gasteiger partial charge in [0.05, 0.1) is 11.7 Å². The first-order valence-corrected chi connectivity index (χ1v) is 10.8. The van der Waals surface area contributed by atoms with Crippen LogP contribution in [0.1, 0.15) is 47.4 Å². The molecule has 2 amide bonds. The van der Waals surface area contributed by atoms with Crippen molar-refractivity contribution in [1.82, 2.24) is 20.5 Å². The number of ether oxygens (including phenoxy) is 2. The van der Waals surface area contributed by atoms with Gasteiger partial charge >= 0.3 is 0 Å². The van der Waals surface area contributed by atoms with Crippen LogP contribution in [-0.2, 0) is 0 Å². The molecular weight excluding hydrogens is 416 g/mol. The van der Waals surface area contributed by atoms with E-state index in [1.807, 2.05) is 18.7 Å². The summed E-state index contributed by atoms with van der Waals surface area (Å²) in [4.78, 5) is 31.2. The molecule has 0 saturated carbocycles. The number of hydrogen-bond donors (Lipinski definition) is 3. The SMILES string of the molecule is CNC(S)NC(=O)c1cc(Oc2ccc(C(=O)N3CCCC3)cc2)nc(OC(C)C)c1. The zero-order valence-electron chi connectivity index (χ0n) is 17.9. The number of nitrogens with zero attached hydrogens (tertiary/aromatic N) is 2. The van der Waals surface area contributed by atoms with Crippen LogP contribution in [-0.4, -0.2) is 53.4 Å². The molecule has 0 aliphatic carbocycles. The van der Waals surface area contributed by atoms with Gasteiger partial charge in [-0.05, 0) is 58.0 Å².